The first kappa shape index (κ1) is 14.9. The standard InChI is InChI=1S/C16H14Cl2O2/c1-10-3-6-16(20-2)11(7-10)8-15(19)13-5-4-12(17)9-14(13)18/h3-7,9H,8H2,1-2H3. The van der Waals surface area contributed by atoms with E-state index < -0.39 is 0 Å². The van der Waals surface area contributed by atoms with Crippen LogP contribution in [0.15, 0.2) is 36.4 Å². The second kappa shape index (κ2) is 6.29. The number of hydrogen-bond acceptors (Lipinski definition) is 2. The largest absolute Gasteiger partial charge is 0.496 e. The normalized spacial score (nSPS) is 10.4. The minimum Gasteiger partial charge on any atom is -0.496 e. The number of methoxy groups -OCH3 is 1. The van der Waals surface area contributed by atoms with Gasteiger partial charge >= 0.3 is 0 Å². The van der Waals surface area contributed by atoms with Crippen molar-refractivity contribution in [2.45, 2.75) is 13.3 Å². The van der Waals surface area contributed by atoms with Gasteiger partial charge in [0.1, 0.15) is 5.75 Å². The summed E-state index contributed by atoms with van der Waals surface area (Å²) in [6.07, 6.45) is 0.242. The number of carbonyl (C=O) groups excluding carboxylic acids is 1. The molecule has 0 N–H and O–H groups in total. The second-order valence-corrected chi connectivity index (χ2v) is 5.38. The minimum absolute atomic E-state index is 0.0597. The zero-order valence-corrected chi connectivity index (χ0v) is 12.8. The summed E-state index contributed by atoms with van der Waals surface area (Å²) in [6, 6.07) is 10.6. The van der Waals surface area contributed by atoms with Crippen molar-refractivity contribution >= 4 is 29.0 Å². The summed E-state index contributed by atoms with van der Waals surface area (Å²) in [4.78, 5) is 12.3. The molecule has 2 rings (SSSR count). The molecule has 0 aliphatic heterocycles. The van der Waals surface area contributed by atoms with Crippen LogP contribution >= 0.6 is 23.2 Å². The summed E-state index contributed by atoms with van der Waals surface area (Å²) in [7, 11) is 1.59. The van der Waals surface area contributed by atoms with Gasteiger partial charge < -0.3 is 4.74 Å². The Morgan fingerprint density at radius 3 is 2.55 bits per heavy atom. The van der Waals surface area contributed by atoms with Crippen LogP contribution in [0.4, 0.5) is 0 Å². The molecule has 4 heteroatoms. The lowest BCUT2D eigenvalue weighted by Gasteiger charge is -2.10. The molecule has 2 aromatic rings. The van der Waals surface area contributed by atoms with E-state index in [1.165, 1.54) is 0 Å². The van der Waals surface area contributed by atoms with Gasteiger partial charge in [0.15, 0.2) is 5.78 Å². The molecule has 0 aliphatic carbocycles. The van der Waals surface area contributed by atoms with Crippen molar-refractivity contribution in [1.29, 1.82) is 0 Å². The van der Waals surface area contributed by atoms with E-state index in [-0.39, 0.29) is 12.2 Å². The van der Waals surface area contributed by atoms with Crippen LogP contribution in [0.2, 0.25) is 10.0 Å². The molecule has 0 amide bonds. The highest BCUT2D eigenvalue weighted by molar-refractivity contribution is 6.36. The summed E-state index contributed by atoms with van der Waals surface area (Å²) in [5.41, 5.74) is 2.40. The number of hydrogen-bond donors (Lipinski definition) is 0. The number of benzene rings is 2. The van der Waals surface area contributed by atoms with E-state index >= 15 is 0 Å². The molecule has 0 aromatic heterocycles. The molecule has 20 heavy (non-hydrogen) atoms. The summed E-state index contributed by atoms with van der Waals surface area (Å²) in [5.74, 6) is 0.643. The van der Waals surface area contributed by atoms with Crippen LogP contribution in [0.3, 0.4) is 0 Å². The summed E-state index contributed by atoms with van der Waals surface area (Å²) < 4.78 is 5.28. The summed E-state index contributed by atoms with van der Waals surface area (Å²) >= 11 is 11.9. The number of ketones is 1. The Labute approximate surface area is 128 Å². The molecule has 104 valence electrons. The Bertz CT molecular complexity index is 651. The van der Waals surface area contributed by atoms with Gasteiger partial charge in [-0.25, -0.2) is 0 Å². The van der Waals surface area contributed by atoms with Gasteiger partial charge in [-0.1, -0.05) is 40.9 Å². The molecule has 2 nitrogen and oxygen atoms in total. The monoisotopic (exact) mass is 308 g/mol. The van der Waals surface area contributed by atoms with Crippen LogP contribution < -0.4 is 4.74 Å². The lowest BCUT2D eigenvalue weighted by molar-refractivity contribution is 0.0992. The third kappa shape index (κ3) is 3.33. The van der Waals surface area contributed by atoms with Gasteiger partial charge in [-0.3, -0.25) is 4.79 Å². The fourth-order valence-electron chi connectivity index (χ4n) is 2.03. The molecule has 0 fully saturated rings. The lowest BCUT2D eigenvalue weighted by Crippen LogP contribution is -2.06. The summed E-state index contributed by atoms with van der Waals surface area (Å²) in [6.45, 7) is 1.97. The maximum absolute atomic E-state index is 12.3. The average Bonchev–Trinajstić information content (AvgIpc) is 2.38. The number of halogens is 2. The molecule has 0 atom stereocenters. The van der Waals surface area contributed by atoms with Crippen molar-refractivity contribution in [3.05, 3.63) is 63.1 Å². The number of aryl methyl sites for hydroxylation is 1. The van der Waals surface area contributed by atoms with E-state index in [1.807, 2.05) is 25.1 Å². The van der Waals surface area contributed by atoms with Crippen LogP contribution in [0.5, 0.6) is 5.75 Å². The first-order valence-electron chi connectivity index (χ1n) is 6.13. The fourth-order valence-corrected chi connectivity index (χ4v) is 2.54. The number of rotatable bonds is 4. The maximum Gasteiger partial charge on any atom is 0.168 e. The van der Waals surface area contributed by atoms with E-state index in [1.54, 1.807) is 25.3 Å². The Morgan fingerprint density at radius 1 is 1.15 bits per heavy atom. The fraction of sp³-hybridized carbons (Fsp3) is 0.188. The Kier molecular flexibility index (Phi) is 4.69. The van der Waals surface area contributed by atoms with Crippen LogP contribution in [-0.4, -0.2) is 12.9 Å². The Balaban J connectivity index is 2.30. The second-order valence-electron chi connectivity index (χ2n) is 4.54. The molecular weight excluding hydrogens is 295 g/mol. The van der Waals surface area contributed by atoms with Gasteiger partial charge in [0.05, 0.1) is 12.1 Å². The van der Waals surface area contributed by atoms with Crippen molar-refractivity contribution in [3.8, 4) is 5.75 Å². The Morgan fingerprint density at radius 2 is 1.90 bits per heavy atom. The maximum atomic E-state index is 12.3. The molecule has 0 aliphatic rings. The first-order valence-corrected chi connectivity index (χ1v) is 6.88. The van der Waals surface area contributed by atoms with E-state index in [2.05, 4.69) is 0 Å². The molecule has 2 aromatic carbocycles. The lowest BCUT2D eigenvalue weighted by atomic mass is 10.0. The van der Waals surface area contributed by atoms with Gasteiger partial charge in [-0.05, 0) is 31.2 Å². The quantitative estimate of drug-likeness (QED) is 0.763. The van der Waals surface area contributed by atoms with Crippen LogP contribution in [0, 0.1) is 6.92 Å². The predicted molar refractivity (Wildman–Crippen MR) is 82.2 cm³/mol. The van der Waals surface area contributed by atoms with Crippen molar-refractivity contribution in [1.82, 2.24) is 0 Å². The minimum atomic E-state index is -0.0597. The smallest absolute Gasteiger partial charge is 0.168 e. The van der Waals surface area contributed by atoms with Gasteiger partial charge in [-0.2, -0.15) is 0 Å². The molecule has 0 unspecified atom stereocenters. The van der Waals surface area contributed by atoms with Crippen LogP contribution in [0.25, 0.3) is 0 Å². The Hall–Kier alpha value is -1.51. The van der Waals surface area contributed by atoms with E-state index in [0.29, 0.717) is 21.4 Å². The van der Waals surface area contributed by atoms with Gasteiger partial charge in [-0.15, -0.1) is 0 Å². The third-order valence-electron chi connectivity index (χ3n) is 3.02. The van der Waals surface area contributed by atoms with Gasteiger partial charge in [0, 0.05) is 22.6 Å². The van der Waals surface area contributed by atoms with Crippen LogP contribution in [-0.2, 0) is 6.42 Å². The zero-order valence-electron chi connectivity index (χ0n) is 11.2. The molecule has 0 saturated carbocycles. The molecule has 0 saturated heterocycles. The van der Waals surface area contributed by atoms with Gasteiger partial charge in [0.25, 0.3) is 0 Å². The topological polar surface area (TPSA) is 26.3 Å². The highest BCUT2D eigenvalue weighted by atomic mass is 35.5. The summed E-state index contributed by atoms with van der Waals surface area (Å²) in [5, 5.41) is 0.883. The van der Waals surface area contributed by atoms with E-state index in [4.69, 9.17) is 27.9 Å². The average molecular weight is 309 g/mol. The number of ether oxygens (including phenoxy) is 1. The SMILES string of the molecule is COc1ccc(C)cc1CC(=O)c1ccc(Cl)cc1Cl. The molecular formula is C16H14Cl2O2. The number of Topliss-reactive ketones (excluding diaryl/α,β-unsaturated/α-hetero) is 1. The van der Waals surface area contributed by atoms with Crippen molar-refractivity contribution in [2.75, 3.05) is 7.11 Å². The number of carbonyl (C=O) groups is 1. The molecule has 0 spiro atoms. The third-order valence-corrected chi connectivity index (χ3v) is 3.57. The van der Waals surface area contributed by atoms with Crippen molar-refractivity contribution in [2.24, 2.45) is 0 Å². The van der Waals surface area contributed by atoms with E-state index in [9.17, 15) is 4.79 Å². The highest BCUT2D eigenvalue weighted by Crippen LogP contribution is 2.25. The molecule has 0 radical (unpaired) electrons. The highest BCUT2D eigenvalue weighted by Gasteiger charge is 2.14. The van der Waals surface area contributed by atoms with Crippen molar-refractivity contribution in [3.63, 3.8) is 0 Å². The zero-order chi connectivity index (χ0) is 14.7. The molecule has 0 heterocycles. The molecule has 0 bridgehead atoms. The van der Waals surface area contributed by atoms with E-state index in [0.717, 1.165) is 11.1 Å². The predicted octanol–water partition coefficient (Wildman–Crippen LogP) is 4.74. The van der Waals surface area contributed by atoms with Gasteiger partial charge in [0.2, 0.25) is 0 Å². The van der Waals surface area contributed by atoms with Crippen LogP contribution in [0.1, 0.15) is 21.5 Å². The van der Waals surface area contributed by atoms with Crippen molar-refractivity contribution < 1.29 is 9.53 Å². The first-order chi connectivity index (χ1) is 9.51.